The van der Waals surface area contributed by atoms with E-state index in [2.05, 4.69) is 9.71 Å². The summed E-state index contributed by atoms with van der Waals surface area (Å²) in [6, 6.07) is 5.99. The molecule has 1 aromatic heterocycles. The van der Waals surface area contributed by atoms with Crippen LogP contribution in [0.5, 0.6) is 0 Å². The molecule has 0 saturated heterocycles. The molecule has 19 heavy (non-hydrogen) atoms. The molecule has 0 spiro atoms. The van der Waals surface area contributed by atoms with E-state index in [1.54, 1.807) is 13.1 Å². The lowest BCUT2D eigenvalue weighted by Crippen LogP contribution is -2.26. The molecule has 0 atom stereocenters. The van der Waals surface area contributed by atoms with E-state index in [4.69, 9.17) is 16.0 Å². The van der Waals surface area contributed by atoms with Crippen molar-refractivity contribution in [3.05, 3.63) is 47.1 Å². The number of sulfonamides is 1. The smallest absolute Gasteiger partial charge is 0.240 e. The van der Waals surface area contributed by atoms with Gasteiger partial charge in [0.05, 0.1) is 11.1 Å². The van der Waals surface area contributed by atoms with Gasteiger partial charge in [0.15, 0.2) is 5.89 Å². The Morgan fingerprint density at radius 1 is 1.32 bits per heavy atom. The molecule has 2 aromatic rings. The molecular weight excluding hydrogens is 288 g/mol. The van der Waals surface area contributed by atoms with Gasteiger partial charge in [-0.05, 0) is 31.2 Å². The number of hydrogen-bond donors (Lipinski definition) is 1. The van der Waals surface area contributed by atoms with Gasteiger partial charge in [0.2, 0.25) is 10.0 Å². The summed E-state index contributed by atoms with van der Waals surface area (Å²) in [4.78, 5) is 4.18. The van der Waals surface area contributed by atoms with Crippen molar-refractivity contribution in [3.8, 4) is 0 Å². The number of aryl methyl sites for hydroxylation is 1. The van der Waals surface area contributed by atoms with E-state index in [-0.39, 0.29) is 11.4 Å². The molecule has 1 aromatic carbocycles. The fourth-order valence-electron chi connectivity index (χ4n) is 1.51. The summed E-state index contributed by atoms with van der Waals surface area (Å²) in [5, 5.41) is 0.495. The highest BCUT2D eigenvalue weighted by Gasteiger charge is 2.13. The van der Waals surface area contributed by atoms with E-state index in [1.165, 1.54) is 24.3 Å². The molecule has 0 bridgehead atoms. The minimum absolute atomic E-state index is 0.181. The number of benzene rings is 1. The van der Waals surface area contributed by atoms with Gasteiger partial charge in [0.1, 0.15) is 5.76 Å². The summed E-state index contributed by atoms with van der Waals surface area (Å²) < 4.78 is 31.6. The highest BCUT2D eigenvalue weighted by atomic mass is 35.5. The molecule has 0 aliphatic carbocycles. The summed E-state index contributed by atoms with van der Waals surface area (Å²) in [5.41, 5.74) is 0. The van der Waals surface area contributed by atoms with Crippen molar-refractivity contribution in [3.63, 3.8) is 0 Å². The van der Waals surface area contributed by atoms with Crippen molar-refractivity contribution in [1.29, 1.82) is 0 Å². The van der Waals surface area contributed by atoms with Crippen LogP contribution in [0.2, 0.25) is 5.02 Å². The number of aromatic nitrogens is 1. The third-order valence-corrected chi connectivity index (χ3v) is 4.15. The summed E-state index contributed by atoms with van der Waals surface area (Å²) in [7, 11) is -3.52. The molecule has 1 N–H and O–H groups in total. The van der Waals surface area contributed by atoms with Crippen LogP contribution < -0.4 is 4.72 Å². The highest BCUT2D eigenvalue weighted by Crippen LogP contribution is 2.13. The summed E-state index contributed by atoms with van der Waals surface area (Å²) in [6.45, 7) is 2.01. The predicted molar refractivity (Wildman–Crippen MR) is 71.6 cm³/mol. The average molecular weight is 301 g/mol. The van der Waals surface area contributed by atoms with Gasteiger partial charge in [-0.25, -0.2) is 18.1 Å². The zero-order valence-electron chi connectivity index (χ0n) is 10.3. The molecule has 0 fully saturated rings. The van der Waals surface area contributed by atoms with Gasteiger partial charge in [0.25, 0.3) is 0 Å². The molecule has 0 radical (unpaired) electrons. The molecule has 0 saturated carbocycles. The van der Waals surface area contributed by atoms with Crippen LogP contribution in [0.15, 0.2) is 39.8 Å². The van der Waals surface area contributed by atoms with E-state index in [9.17, 15) is 8.42 Å². The van der Waals surface area contributed by atoms with Crippen molar-refractivity contribution >= 4 is 21.6 Å². The first-order chi connectivity index (χ1) is 8.97. The van der Waals surface area contributed by atoms with Crippen LogP contribution in [0, 0.1) is 6.92 Å². The molecule has 0 aliphatic rings. The van der Waals surface area contributed by atoms with Gasteiger partial charge < -0.3 is 4.42 Å². The van der Waals surface area contributed by atoms with Crippen LogP contribution in [0.25, 0.3) is 0 Å². The fourth-order valence-corrected chi connectivity index (χ4v) is 2.66. The molecule has 102 valence electrons. The maximum atomic E-state index is 11.9. The zero-order chi connectivity index (χ0) is 13.9. The molecule has 7 heteroatoms. The van der Waals surface area contributed by atoms with Crippen LogP contribution in [-0.2, 0) is 16.4 Å². The van der Waals surface area contributed by atoms with Crippen LogP contribution >= 0.6 is 11.6 Å². The van der Waals surface area contributed by atoms with Gasteiger partial charge in [-0.2, -0.15) is 0 Å². The van der Waals surface area contributed by atoms with Crippen LogP contribution in [0.3, 0.4) is 0 Å². The minimum atomic E-state index is -3.52. The van der Waals surface area contributed by atoms with E-state index in [1.807, 2.05) is 0 Å². The maximum Gasteiger partial charge on any atom is 0.240 e. The van der Waals surface area contributed by atoms with E-state index in [0.29, 0.717) is 23.1 Å². The highest BCUT2D eigenvalue weighted by molar-refractivity contribution is 7.89. The molecule has 1 heterocycles. The second-order valence-electron chi connectivity index (χ2n) is 3.97. The number of nitrogens with one attached hydrogen (secondary N) is 1. The predicted octanol–water partition coefficient (Wildman–Crippen LogP) is 2.16. The number of oxazole rings is 1. The molecule has 0 amide bonds. The monoisotopic (exact) mass is 300 g/mol. The summed E-state index contributed by atoms with van der Waals surface area (Å²) >= 11 is 5.71. The number of halogens is 1. The Balaban J connectivity index is 1.96. The molecule has 5 nitrogen and oxygen atoms in total. The first-order valence-electron chi connectivity index (χ1n) is 5.64. The van der Waals surface area contributed by atoms with Gasteiger partial charge >= 0.3 is 0 Å². The van der Waals surface area contributed by atoms with E-state index >= 15 is 0 Å². The summed E-state index contributed by atoms with van der Waals surface area (Å²) in [6.07, 6.45) is 2.00. The normalized spacial score (nSPS) is 11.7. The Morgan fingerprint density at radius 2 is 2.00 bits per heavy atom. The lowest BCUT2D eigenvalue weighted by atomic mass is 10.4. The molecule has 0 aliphatic heterocycles. The number of rotatable bonds is 5. The van der Waals surface area contributed by atoms with Gasteiger partial charge in [-0.3, -0.25) is 0 Å². The van der Waals surface area contributed by atoms with E-state index < -0.39 is 10.0 Å². The number of hydrogen-bond acceptors (Lipinski definition) is 4. The first-order valence-corrected chi connectivity index (χ1v) is 7.50. The standard InChI is InChI=1S/C12H13ClN2O3S/c1-9-8-14-12(18-9)6-7-15-19(16,17)11-4-2-10(13)3-5-11/h2-5,8,15H,6-7H2,1H3. The minimum Gasteiger partial charge on any atom is -0.446 e. The second kappa shape index (κ2) is 5.73. The molecule has 2 rings (SSSR count). The van der Waals surface area contributed by atoms with Crippen LogP contribution in [-0.4, -0.2) is 19.9 Å². The topological polar surface area (TPSA) is 72.2 Å². The van der Waals surface area contributed by atoms with Crippen molar-refractivity contribution in [2.45, 2.75) is 18.2 Å². The Bertz CT molecular complexity index is 650. The fraction of sp³-hybridized carbons (Fsp3) is 0.250. The first kappa shape index (κ1) is 14.0. The summed E-state index contributed by atoms with van der Waals surface area (Å²) in [5.74, 6) is 1.21. The quantitative estimate of drug-likeness (QED) is 0.918. The largest absolute Gasteiger partial charge is 0.446 e. The van der Waals surface area contributed by atoms with Crippen LogP contribution in [0.4, 0.5) is 0 Å². The third-order valence-electron chi connectivity index (χ3n) is 2.42. The van der Waals surface area contributed by atoms with Crippen molar-refractivity contribution < 1.29 is 12.8 Å². The van der Waals surface area contributed by atoms with Gasteiger partial charge in [-0.15, -0.1) is 0 Å². The van der Waals surface area contributed by atoms with Crippen molar-refractivity contribution in [2.24, 2.45) is 0 Å². The average Bonchev–Trinajstić information content (AvgIpc) is 2.75. The van der Waals surface area contributed by atoms with Crippen molar-refractivity contribution in [1.82, 2.24) is 9.71 Å². The zero-order valence-corrected chi connectivity index (χ0v) is 11.8. The van der Waals surface area contributed by atoms with Crippen LogP contribution in [0.1, 0.15) is 11.7 Å². The SMILES string of the molecule is Cc1cnc(CCNS(=O)(=O)c2ccc(Cl)cc2)o1. The van der Waals surface area contributed by atoms with Crippen molar-refractivity contribution in [2.75, 3.05) is 6.54 Å². The lowest BCUT2D eigenvalue weighted by molar-refractivity contribution is 0.469. The van der Waals surface area contributed by atoms with Gasteiger partial charge in [0, 0.05) is 18.0 Å². The Morgan fingerprint density at radius 3 is 2.58 bits per heavy atom. The molecule has 0 unspecified atom stereocenters. The number of nitrogens with zero attached hydrogens (tertiary/aromatic N) is 1. The van der Waals surface area contributed by atoms with Gasteiger partial charge in [-0.1, -0.05) is 11.6 Å². The Hall–Kier alpha value is -1.37. The van der Waals surface area contributed by atoms with E-state index in [0.717, 1.165) is 0 Å². The maximum absolute atomic E-state index is 11.9. The lowest BCUT2D eigenvalue weighted by Gasteiger charge is -2.05. The Labute approximate surface area is 116 Å². The molecular formula is C12H13ClN2O3S. The second-order valence-corrected chi connectivity index (χ2v) is 6.17. The Kier molecular flexibility index (Phi) is 4.24. The third kappa shape index (κ3) is 3.79.